The normalized spacial score (nSPS) is 12.9. The largest absolute Gasteiger partial charge is 0.405 e. The number of nitrogens with zero attached hydrogens (tertiary/aromatic N) is 1. The molecule has 7 heteroatoms. The van der Waals surface area contributed by atoms with Gasteiger partial charge in [-0.2, -0.15) is 13.2 Å². The zero-order chi connectivity index (χ0) is 13.7. The Hall–Kier alpha value is -0.820. The van der Waals surface area contributed by atoms with E-state index < -0.39 is 24.2 Å². The molecule has 1 amide bonds. The zero-order valence-electron chi connectivity index (χ0n) is 10.4. The Kier molecular flexibility index (Phi) is 5.91. The van der Waals surface area contributed by atoms with Crippen molar-refractivity contribution >= 4 is 5.91 Å². The molecule has 0 spiro atoms. The van der Waals surface area contributed by atoms with E-state index in [1.54, 1.807) is 4.90 Å². The van der Waals surface area contributed by atoms with Gasteiger partial charge in [0.25, 0.3) is 0 Å². The lowest BCUT2D eigenvalue weighted by atomic mass is 10.0. The Bertz CT molecular complexity index is 254. The number of halogens is 3. The maximum Gasteiger partial charge on any atom is 0.405 e. The number of amides is 1. The molecule has 0 saturated heterocycles. The second kappa shape index (κ2) is 6.20. The molecular weight excluding hydrogens is 235 g/mol. The molecule has 0 aliphatic carbocycles. The number of nitrogens with one attached hydrogen (secondary N) is 1. The molecule has 0 aliphatic rings. The first-order chi connectivity index (χ1) is 7.62. The van der Waals surface area contributed by atoms with E-state index in [4.69, 9.17) is 5.73 Å². The van der Waals surface area contributed by atoms with Gasteiger partial charge in [-0.05, 0) is 20.4 Å². The number of carbonyl (C=O) groups is 1. The Morgan fingerprint density at radius 2 is 1.88 bits per heavy atom. The summed E-state index contributed by atoms with van der Waals surface area (Å²) in [5.41, 5.74) is 5.14. The van der Waals surface area contributed by atoms with Gasteiger partial charge in [-0.1, -0.05) is 6.92 Å². The van der Waals surface area contributed by atoms with Crippen molar-refractivity contribution in [1.29, 1.82) is 0 Å². The van der Waals surface area contributed by atoms with Crippen LogP contribution in [0.25, 0.3) is 0 Å². The van der Waals surface area contributed by atoms with Crippen molar-refractivity contribution in [3.8, 4) is 0 Å². The summed E-state index contributed by atoms with van der Waals surface area (Å²) < 4.78 is 35.7. The van der Waals surface area contributed by atoms with Gasteiger partial charge in [0.05, 0.1) is 6.54 Å². The van der Waals surface area contributed by atoms with E-state index in [1.165, 1.54) is 0 Å². The number of hydrogen-bond acceptors (Lipinski definition) is 3. The molecule has 0 bridgehead atoms. The van der Waals surface area contributed by atoms with E-state index in [2.05, 4.69) is 0 Å². The summed E-state index contributed by atoms with van der Waals surface area (Å²) in [4.78, 5) is 13.1. The Labute approximate surface area is 99.3 Å². The SMILES string of the molecule is CCN(CC(=O)NCC(F)(F)F)C(C)(C)CN. The first-order valence-corrected chi connectivity index (χ1v) is 5.41. The van der Waals surface area contributed by atoms with Crippen LogP contribution < -0.4 is 11.1 Å². The molecule has 0 unspecified atom stereocenters. The molecule has 0 radical (unpaired) electrons. The van der Waals surface area contributed by atoms with Crippen LogP contribution in [0.5, 0.6) is 0 Å². The number of alkyl halides is 3. The van der Waals surface area contributed by atoms with Gasteiger partial charge in [-0.3, -0.25) is 9.69 Å². The monoisotopic (exact) mass is 255 g/mol. The molecule has 17 heavy (non-hydrogen) atoms. The molecule has 4 nitrogen and oxygen atoms in total. The van der Waals surface area contributed by atoms with Crippen LogP contribution in [0.4, 0.5) is 13.2 Å². The first kappa shape index (κ1) is 16.2. The van der Waals surface area contributed by atoms with Crippen molar-refractivity contribution in [2.24, 2.45) is 5.73 Å². The van der Waals surface area contributed by atoms with Gasteiger partial charge < -0.3 is 11.1 Å². The second-order valence-corrected chi connectivity index (χ2v) is 4.42. The van der Waals surface area contributed by atoms with Crippen LogP contribution >= 0.6 is 0 Å². The maximum absolute atomic E-state index is 11.9. The number of likely N-dealkylation sites (N-methyl/N-ethyl adjacent to an activating group) is 1. The number of hydrogen-bond donors (Lipinski definition) is 2. The van der Waals surface area contributed by atoms with Crippen LogP contribution in [0.3, 0.4) is 0 Å². The third-order valence-electron chi connectivity index (χ3n) is 2.56. The molecule has 0 rings (SSSR count). The van der Waals surface area contributed by atoms with Crippen molar-refractivity contribution in [3.63, 3.8) is 0 Å². The lowest BCUT2D eigenvalue weighted by Crippen LogP contribution is -2.53. The molecular formula is C10H20F3N3O. The van der Waals surface area contributed by atoms with Crippen LogP contribution in [-0.4, -0.2) is 48.7 Å². The summed E-state index contributed by atoms with van der Waals surface area (Å²) in [7, 11) is 0. The summed E-state index contributed by atoms with van der Waals surface area (Å²) in [6.07, 6.45) is -4.38. The predicted molar refractivity (Wildman–Crippen MR) is 59.4 cm³/mol. The lowest BCUT2D eigenvalue weighted by Gasteiger charge is -2.36. The van der Waals surface area contributed by atoms with Crippen LogP contribution in [0.1, 0.15) is 20.8 Å². The fourth-order valence-electron chi connectivity index (χ4n) is 1.31. The summed E-state index contributed by atoms with van der Waals surface area (Å²) in [6.45, 7) is 5.00. The minimum Gasteiger partial charge on any atom is -0.346 e. The van der Waals surface area contributed by atoms with E-state index in [-0.39, 0.29) is 6.54 Å². The fraction of sp³-hybridized carbons (Fsp3) is 0.900. The molecule has 102 valence electrons. The van der Waals surface area contributed by atoms with Crippen molar-refractivity contribution in [2.45, 2.75) is 32.5 Å². The topological polar surface area (TPSA) is 58.4 Å². The number of rotatable bonds is 6. The summed E-state index contributed by atoms with van der Waals surface area (Å²) >= 11 is 0. The van der Waals surface area contributed by atoms with Crippen LogP contribution in [0.2, 0.25) is 0 Å². The van der Waals surface area contributed by atoms with Gasteiger partial charge in [0.2, 0.25) is 5.91 Å². The summed E-state index contributed by atoms with van der Waals surface area (Å²) in [6, 6.07) is 0. The van der Waals surface area contributed by atoms with E-state index in [0.717, 1.165) is 0 Å². The highest BCUT2D eigenvalue weighted by atomic mass is 19.4. The lowest BCUT2D eigenvalue weighted by molar-refractivity contribution is -0.139. The quantitative estimate of drug-likeness (QED) is 0.735. The highest BCUT2D eigenvalue weighted by Gasteiger charge is 2.29. The molecule has 0 aliphatic heterocycles. The van der Waals surface area contributed by atoms with Crippen LogP contribution in [-0.2, 0) is 4.79 Å². The van der Waals surface area contributed by atoms with Gasteiger partial charge >= 0.3 is 6.18 Å². The average molecular weight is 255 g/mol. The first-order valence-electron chi connectivity index (χ1n) is 5.41. The maximum atomic E-state index is 11.9. The molecule has 0 heterocycles. The van der Waals surface area contributed by atoms with Crippen molar-refractivity contribution in [2.75, 3.05) is 26.2 Å². The number of nitrogens with two attached hydrogens (primary N) is 1. The minimum atomic E-state index is -4.38. The number of carbonyl (C=O) groups excluding carboxylic acids is 1. The molecule has 0 fully saturated rings. The predicted octanol–water partition coefficient (Wildman–Crippen LogP) is 0.724. The van der Waals surface area contributed by atoms with Crippen LogP contribution in [0.15, 0.2) is 0 Å². The van der Waals surface area contributed by atoms with Gasteiger partial charge in [0.15, 0.2) is 0 Å². The standard InChI is InChI=1S/C10H20F3N3O/c1-4-16(9(2,3)6-14)5-8(17)15-7-10(11,12)13/h4-7,14H2,1-3H3,(H,15,17). The van der Waals surface area contributed by atoms with Gasteiger partial charge in [-0.25, -0.2) is 0 Å². The van der Waals surface area contributed by atoms with Crippen LogP contribution in [0, 0.1) is 0 Å². The van der Waals surface area contributed by atoms with Crippen molar-refractivity contribution in [1.82, 2.24) is 10.2 Å². The Morgan fingerprint density at radius 1 is 1.35 bits per heavy atom. The molecule has 0 atom stereocenters. The zero-order valence-corrected chi connectivity index (χ0v) is 10.4. The minimum absolute atomic E-state index is 0.0865. The smallest absolute Gasteiger partial charge is 0.346 e. The highest BCUT2D eigenvalue weighted by molar-refractivity contribution is 5.78. The summed E-state index contributed by atoms with van der Waals surface area (Å²) in [5, 5.41) is 1.84. The van der Waals surface area contributed by atoms with E-state index >= 15 is 0 Å². The van der Waals surface area contributed by atoms with Gasteiger partial charge in [0.1, 0.15) is 6.54 Å². The highest BCUT2D eigenvalue weighted by Crippen LogP contribution is 2.13. The van der Waals surface area contributed by atoms with E-state index in [0.29, 0.717) is 13.1 Å². The van der Waals surface area contributed by atoms with Gasteiger partial charge in [-0.15, -0.1) is 0 Å². The molecule has 0 aromatic rings. The van der Waals surface area contributed by atoms with Crippen molar-refractivity contribution < 1.29 is 18.0 Å². The molecule has 0 saturated carbocycles. The average Bonchev–Trinajstić information content (AvgIpc) is 2.21. The Morgan fingerprint density at radius 3 is 2.24 bits per heavy atom. The fourth-order valence-corrected chi connectivity index (χ4v) is 1.31. The summed E-state index contributed by atoms with van der Waals surface area (Å²) in [5.74, 6) is -0.647. The van der Waals surface area contributed by atoms with E-state index in [1.807, 2.05) is 26.1 Å². The molecule has 0 aromatic heterocycles. The Balaban J connectivity index is 4.26. The molecule has 0 aromatic carbocycles. The molecule has 3 N–H and O–H groups in total. The van der Waals surface area contributed by atoms with Gasteiger partial charge in [0, 0.05) is 12.1 Å². The van der Waals surface area contributed by atoms with Crippen molar-refractivity contribution in [3.05, 3.63) is 0 Å². The second-order valence-electron chi connectivity index (χ2n) is 4.42. The third kappa shape index (κ3) is 6.48. The van der Waals surface area contributed by atoms with E-state index in [9.17, 15) is 18.0 Å². The third-order valence-corrected chi connectivity index (χ3v) is 2.56.